The van der Waals surface area contributed by atoms with Gasteiger partial charge >= 0.3 is 0 Å². The Morgan fingerprint density at radius 3 is 2.29 bits per heavy atom. The molecule has 2 rings (SSSR count). The molecule has 0 aromatic heterocycles. The molecule has 0 bridgehead atoms. The van der Waals surface area contributed by atoms with Crippen molar-refractivity contribution in [3.63, 3.8) is 0 Å². The van der Waals surface area contributed by atoms with Crippen LogP contribution in [0.5, 0.6) is 0 Å². The van der Waals surface area contributed by atoms with Crippen molar-refractivity contribution < 1.29 is 4.79 Å². The van der Waals surface area contributed by atoms with Crippen LogP contribution >= 0.6 is 11.8 Å². The predicted molar refractivity (Wildman–Crippen MR) is 61.7 cm³/mol. The molecule has 1 nitrogen and oxygen atoms in total. The fraction of sp³-hybridized carbons (Fsp3) is 0.917. The topological polar surface area (TPSA) is 17.1 Å². The number of carbonyl (C=O) groups excluding carboxylic acids is 1. The summed E-state index contributed by atoms with van der Waals surface area (Å²) in [4.78, 5) is 12.1. The maximum absolute atomic E-state index is 12.1. The highest BCUT2D eigenvalue weighted by atomic mass is 32.2. The fourth-order valence-corrected chi connectivity index (χ4v) is 3.96. The second-order valence-electron chi connectivity index (χ2n) is 4.59. The van der Waals surface area contributed by atoms with Crippen molar-refractivity contribution in [1.29, 1.82) is 0 Å². The molecule has 0 spiro atoms. The van der Waals surface area contributed by atoms with Crippen LogP contribution in [0.1, 0.15) is 51.4 Å². The number of carbonyl (C=O) groups is 1. The maximum Gasteiger partial charge on any atom is 0.148 e. The van der Waals surface area contributed by atoms with Gasteiger partial charge in [0.1, 0.15) is 5.78 Å². The fourth-order valence-electron chi connectivity index (χ4n) is 2.62. The Hall–Kier alpha value is 0.0200. The van der Waals surface area contributed by atoms with E-state index < -0.39 is 0 Å². The molecular weight excluding hydrogens is 192 g/mol. The first-order chi connectivity index (χ1) is 6.88. The van der Waals surface area contributed by atoms with Gasteiger partial charge in [-0.3, -0.25) is 4.79 Å². The molecule has 1 atom stereocenters. The van der Waals surface area contributed by atoms with Crippen molar-refractivity contribution in [3.8, 4) is 0 Å². The second-order valence-corrected chi connectivity index (χ2v) is 5.90. The number of hydrogen-bond acceptors (Lipinski definition) is 2. The second kappa shape index (κ2) is 5.20. The minimum absolute atomic E-state index is 0.367. The lowest BCUT2D eigenvalue weighted by molar-refractivity contribution is -0.123. The first kappa shape index (κ1) is 10.5. The van der Waals surface area contributed by atoms with Gasteiger partial charge in [-0.05, 0) is 31.4 Å². The van der Waals surface area contributed by atoms with Gasteiger partial charge in [0.25, 0.3) is 0 Å². The third-order valence-corrected chi connectivity index (χ3v) is 4.90. The van der Waals surface area contributed by atoms with Crippen LogP contribution < -0.4 is 0 Å². The highest BCUT2D eigenvalue weighted by molar-refractivity contribution is 8.00. The van der Waals surface area contributed by atoms with Crippen LogP contribution in [0.15, 0.2) is 0 Å². The van der Waals surface area contributed by atoms with Gasteiger partial charge in [-0.1, -0.05) is 25.7 Å². The highest BCUT2D eigenvalue weighted by Crippen LogP contribution is 2.32. The molecule has 0 N–H and O–H groups in total. The zero-order valence-electron chi connectivity index (χ0n) is 8.84. The van der Waals surface area contributed by atoms with Crippen LogP contribution in [0.3, 0.4) is 0 Å². The Kier molecular flexibility index (Phi) is 3.91. The Morgan fingerprint density at radius 2 is 1.64 bits per heavy atom. The molecule has 1 heterocycles. The monoisotopic (exact) mass is 212 g/mol. The predicted octanol–water partition coefficient (Wildman–Crippen LogP) is 3.42. The summed E-state index contributed by atoms with van der Waals surface area (Å²) in [5.41, 5.74) is 0. The van der Waals surface area contributed by atoms with Crippen LogP contribution in [0, 0.1) is 5.92 Å². The largest absolute Gasteiger partial charge is 0.298 e. The quantitative estimate of drug-likeness (QED) is 0.697. The average molecular weight is 212 g/mol. The minimum atomic E-state index is 0.367. The molecular formula is C12H20OS. The van der Waals surface area contributed by atoms with Crippen molar-refractivity contribution >= 4 is 17.5 Å². The average Bonchev–Trinajstić information content (AvgIpc) is 2.30. The molecule has 1 aliphatic carbocycles. The first-order valence-electron chi connectivity index (χ1n) is 6.03. The van der Waals surface area contributed by atoms with Gasteiger partial charge in [0, 0.05) is 5.92 Å². The third-order valence-electron chi connectivity index (χ3n) is 3.50. The molecule has 0 aromatic carbocycles. The van der Waals surface area contributed by atoms with Gasteiger partial charge in [-0.25, -0.2) is 0 Å². The summed E-state index contributed by atoms with van der Waals surface area (Å²) < 4.78 is 0. The van der Waals surface area contributed by atoms with E-state index in [-0.39, 0.29) is 0 Å². The van der Waals surface area contributed by atoms with Crippen LogP contribution in [0.2, 0.25) is 0 Å². The van der Waals surface area contributed by atoms with Gasteiger partial charge in [0.05, 0.1) is 5.25 Å². The summed E-state index contributed by atoms with van der Waals surface area (Å²) in [6, 6.07) is 0. The number of Topliss-reactive ketones (excluding diaryl/α,β-unsaturated/α-hetero) is 1. The number of hydrogen-bond donors (Lipinski definition) is 0. The molecule has 0 amide bonds. The summed E-state index contributed by atoms with van der Waals surface area (Å²) in [5, 5.41) is 0.367. The molecule has 14 heavy (non-hydrogen) atoms. The van der Waals surface area contributed by atoms with E-state index in [1.807, 2.05) is 11.8 Å². The summed E-state index contributed by atoms with van der Waals surface area (Å²) in [7, 11) is 0. The maximum atomic E-state index is 12.1. The molecule has 0 aromatic rings. The van der Waals surface area contributed by atoms with Crippen molar-refractivity contribution in [3.05, 3.63) is 0 Å². The summed E-state index contributed by atoms with van der Waals surface area (Å²) in [5.74, 6) is 2.23. The Balaban J connectivity index is 1.85. The van der Waals surface area contributed by atoms with E-state index in [1.165, 1.54) is 50.7 Å². The Labute approximate surface area is 91.0 Å². The van der Waals surface area contributed by atoms with Crippen LogP contribution in [0.4, 0.5) is 0 Å². The molecule has 2 fully saturated rings. The number of thioether (sulfide) groups is 1. The van der Waals surface area contributed by atoms with Crippen LogP contribution in [-0.2, 0) is 4.79 Å². The van der Waals surface area contributed by atoms with E-state index in [0.29, 0.717) is 17.0 Å². The zero-order chi connectivity index (χ0) is 9.80. The minimum Gasteiger partial charge on any atom is -0.298 e. The standard InChI is InChI=1S/C12H20OS/c13-12(10-6-2-1-3-7-10)11-8-4-5-9-14-11/h10-11H,1-9H2. The normalized spacial score (nSPS) is 30.1. The van der Waals surface area contributed by atoms with E-state index >= 15 is 0 Å². The number of rotatable bonds is 2. The Bertz CT molecular complexity index is 170. The van der Waals surface area contributed by atoms with Crippen LogP contribution in [-0.4, -0.2) is 16.8 Å². The third kappa shape index (κ3) is 2.53. The molecule has 1 aliphatic heterocycles. The molecule has 80 valence electrons. The SMILES string of the molecule is O=C(C1CCCCC1)C1CCCCS1. The lowest BCUT2D eigenvalue weighted by atomic mass is 9.84. The van der Waals surface area contributed by atoms with Gasteiger partial charge in [-0.2, -0.15) is 11.8 Å². The van der Waals surface area contributed by atoms with E-state index in [2.05, 4.69) is 0 Å². The van der Waals surface area contributed by atoms with Gasteiger partial charge in [0.2, 0.25) is 0 Å². The molecule has 1 saturated carbocycles. The summed E-state index contributed by atoms with van der Waals surface area (Å²) in [6.45, 7) is 0. The highest BCUT2D eigenvalue weighted by Gasteiger charge is 2.29. The van der Waals surface area contributed by atoms with Crippen molar-refractivity contribution in [1.82, 2.24) is 0 Å². The van der Waals surface area contributed by atoms with Crippen molar-refractivity contribution in [2.45, 2.75) is 56.6 Å². The smallest absolute Gasteiger partial charge is 0.148 e. The molecule has 2 heteroatoms. The van der Waals surface area contributed by atoms with Crippen molar-refractivity contribution in [2.75, 3.05) is 5.75 Å². The summed E-state index contributed by atoms with van der Waals surface area (Å²) in [6.07, 6.45) is 10.0. The lowest BCUT2D eigenvalue weighted by Gasteiger charge is -2.27. The van der Waals surface area contributed by atoms with E-state index in [1.54, 1.807) is 0 Å². The van der Waals surface area contributed by atoms with Crippen LogP contribution in [0.25, 0.3) is 0 Å². The van der Waals surface area contributed by atoms with E-state index in [0.717, 1.165) is 6.42 Å². The zero-order valence-corrected chi connectivity index (χ0v) is 9.65. The molecule has 2 aliphatic rings. The molecule has 1 unspecified atom stereocenters. The molecule has 1 saturated heterocycles. The van der Waals surface area contributed by atoms with E-state index in [4.69, 9.17) is 0 Å². The van der Waals surface area contributed by atoms with E-state index in [9.17, 15) is 4.79 Å². The van der Waals surface area contributed by atoms with Gasteiger partial charge in [-0.15, -0.1) is 0 Å². The Morgan fingerprint density at radius 1 is 0.929 bits per heavy atom. The van der Waals surface area contributed by atoms with Crippen molar-refractivity contribution in [2.24, 2.45) is 5.92 Å². The van der Waals surface area contributed by atoms with Gasteiger partial charge in [0.15, 0.2) is 0 Å². The number of ketones is 1. The van der Waals surface area contributed by atoms with Gasteiger partial charge < -0.3 is 0 Å². The molecule has 0 radical (unpaired) electrons. The first-order valence-corrected chi connectivity index (χ1v) is 7.08. The lowest BCUT2D eigenvalue weighted by Crippen LogP contribution is -2.29. The summed E-state index contributed by atoms with van der Waals surface area (Å²) >= 11 is 1.92.